The lowest BCUT2D eigenvalue weighted by atomic mass is 9.86. The van der Waals surface area contributed by atoms with Gasteiger partial charge in [0.2, 0.25) is 11.8 Å². The van der Waals surface area contributed by atoms with E-state index < -0.39 is 0 Å². The van der Waals surface area contributed by atoms with Crippen LogP contribution in [0.15, 0.2) is 24.5 Å². The standard InChI is InChI=1S/C16H21N5O2/c22-14-8-16(11-21(14)12-2-1-5-17-9-12)4-7-20(10-16)15(23)13-3-6-18-19-13/h1-2,5,9,13,18-19H,3-4,6-8,10-11H2. The number of carbonyl (C=O) groups is 2. The first-order valence-electron chi connectivity index (χ1n) is 8.15. The molecule has 2 amide bonds. The van der Waals surface area contributed by atoms with Crippen molar-refractivity contribution < 1.29 is 9.59 Å². The van der Waals surface area contributed by atoms with E-state index in [4.69, 9.17) is 0 Å². The number of rotatable bonds is 2. The van der Waals surface area contributed by atoms with E-state index in [1.165, 1.54) is 0 Å². The fourth-order valence-corrected chi connectivity index (χ4v) is 3.93. The van der Waals surface area contributed by atoms with Gasteiger partial charge in [0.15, 0.2) is 0 Å². The van der Waals surface area contributed by atoms with Crippen LogP contribution in [0.5, 0.6) is 0 Å². The van der Waals surface area contributed by atoms with Crippen LogP contribution >= 0.6 is 0 Å². The van der Waals surface area contributed by atoms with Crippen molar-refractivity contribution in [3.05, 3.63) is 24.5 Å². The van der Waals surface area contributed by atoms with Gasteiger partial charge in [0.25, 0.3) is 0 Å². The summed E-state index contributed by atoms with van der Waals surface area (Å²) in [4.78, 5) is 32.8. The molecule has 1 spiro atoms. The molecule has 23 heavy (non-hydrogen) atoms. The Morgan fingerprint density at radius 2 is 2.30 bits per heavy atom. The van der Waals surface area contributed by atoms with Crippen LogP contribution < -0.4 is 15.8 Å². The molecule has 4 rings (SSSR count). The van der Waals surface area contributed by atoms with Crippen LogP contribution in [0.1, 0.15) is 19.3 Å². The largest absolute Gasteiger partial charge is 0.341 e. The zero-order valence-corrected chi connectivity index (χ0v) is 13.0. The third kappa shape index (κ3) is 2.60. The van der Waals surface area contributed by atoms with Crippen LogP contribution in [0.3, 0.4) is 0 Å². The Morgan fingerprint density at radius 3 is 3.04 bits per heavy atom. The highest BCUT2D eigenvalue weighted by molar-refractivity contribution is 5.96. The molecule has 2 N–H and O–H groups in total. The molecule has 1 aromatic heterocycles. The van der Waals surface area contributed by atoms with Gasteiger partial charge in [-0.3, -0.25) is 20.0 Å². The van der Waals surface area contributed by atoms with E-state index in [2.05, 4.69) is 15.8 Å². The number of hydrogen-bond donors (Lipinski definition) is 2. The Hall–Kier alpha value is -1.99. The van der Waals surface area contributed by atoms with Crippen LogP contribution in [-0.4, -0.2) is 53.9 Å². The zero-order valence-electron chi connectivity index (χ0n) is 13.0. The van der Waals surface area contributed by atoms with Gasteiger partial charge in [-0.2, -0.15) is 0 Å². The minimum Gasteiger partial charge on any atom is -0.341 e. The molecule has 3 aliphatic heterocycles. The second kappa shape index (κ2) is 5.58. The predicted octanol–water partition coefficient (Wildman–Crippen LogP) is -0.0965. The summed E-state index contributed by atoms with van der Waals surface area (Å²) in [5.41, 5.74) is 6.78. The highest BCUT2D eigenvalue weighted by Gasteiger charge is 2.49. The second-order valence-electron chi connectivity index (χ2n) is 6.79. The molecule has 0 aliphatic carbocycles. The molecule has 3 saturated heterocycles. The van der Waals surface area contributed by atoms with Crippen LogP contribution in [0, 0.1) is 5.41 Å². The predicted molar refractivity (Wildman–Crippen MR) is 84.4 cm³/mol. The number of nitrogens with zero attached hydrogens (tertiary/aromatic N) is 3. The quantitative estimate of drug-likeness (QED) is 0.797. The smallest absolute Gasteiger partial charge is 0.241 e. The molecule has 0 aromatic carbocycles. The molecule has 0 bridgehead atoms. The van der Waals surface area contributed by atoms with Gasteiger partial charge in [0.1, 0.15) is 6.04 Å². The van der Waals surface area contributed by atoms with Gasteiger partial charge in [-0.25, -0.2) is 5.43 Å². The van der Waals surface area contributed by atoms with Crippen LogP contribution in [0.4, 0.5) is 5.69 Å². The van der Waals surface area contributed by atoms with Crippen LogP contribution in [0.2, 0.25) is 0 Å². The summed E-state index contributed by atoms with van der Waals surface area (Å²) in [7, 11) is 0. The third-order valence-electron chi connectivity index (χ3n) is 5.16. The number of pyridine rings is 1. The molecule has 0 radical (unpaired) electrons. The fourth-order valence-electron chi connectivity index (χ4n) is 3.93. The number of carbonyl (C=O) groups excluding carboxylic acids is 2. The first kappa shape index (κ1) is 14.6. The highest BCUT2D eigenvalue weighted by atomic mass is 16.2. The number of likely N-dealkylation sites (tertiary alicyclic amines) is 1. The van der Waals surface area contributed by atoms with Gasteiger partial charge in [0, 0.05) is 44.2 Å². The molecule has 122 valence electrons. The normalized spacial score (nSPS) is 30.6. The summed E-state index contributed by atoms with van der Waals surface area (Å²) >= 11 is 0. The summed E-state index contributed by atoms with van der Waals surface area (Å²) < 4.78 is 0. The number of hydrazine groups is 1. The second-order valence-corrected chi connectivity index (χ2v) is 6.79. The van der Waals surface area contributed by atoms with Crippen molar-refractivity contribution in [2.45, 2.75) is 25.3 Å². The lowest BCUT2D eigenvalue weighted by Crippen LogP contribution is -2.45. The van der Waals surface area contributed by atoms with Crippen LogP contribution in [-0.2, 0) is 9.59 Å². The number of nitrogens with one attached hydrogen (secondary N) is 2. The first-order valence-corrected chi connectivity index (χ1v) is 8.15. The van der Waals surface area contributed by atoms with Gasteiger partial charge in [0.05, 0.1) is 11.9 Å². The van der Waals surface area contributed by atoms with Crippen molar-refractivity contribution in [1.82, 2.24) is 20.7 Å². The number of amides is 2. The Kier molecular flexibility index (Phi) is 3.54. The van der Waals surface area contributed by atoms with E-state index in [1.54, 1.807) is 12.4 Å². The Morgan fingerprint density at radius 1 is 1.39 bits per heavy atom. The van der Waals surface area contributed by atoms with Gasteiger partial charge in [-0.15, -0.1) is 0 Å². The van der Waals surface area contributed by atoms with E-state index in [1.807, 2.05) is 21.9 Å². The molecular weight excluding hydrogens is 294 g/mol. The van der Waals surface area contributed by atoms with Crippen molar-refractivity contribution in [2.75, 3.05) is 31.1 Å². The molecule has 7 nitrogen and oxygen atoms in total. The molecule has 3 fully saturated rings. The molecule has 1 aromatic rings. The Bertz CT molecular complexity index is 616. The van der Waals surface area contributed by atoms with Crippen molar-refractivity contribution in [2.24, 2.45) is 5.41 Å². The zero-order chi connectivity index (χ0) is 15.9. The van der Waals surface area contributed by atoms with Crippen molar-refractivity contribution in [3.63, 3.8) is 0 Å². The lowest BCUT2D eigenvalue weighted by molar-refractivity contribution is -0.132. The summed E-state index contributed by atoms with van der Waals surface area (Å²) in [5, 5.41) is 0. The van der Waals surface area contributed by atoms with E-state index in [9.17, 15) is 9.59 Å². The molecule has 0 saturated carbocycles. The molecule has 4 heterocycles. The number of aromatic nitrogens is 1. The van der Waals surface area contributed by atoms with Crippen molar-refractivity contribution in [1.29, 1.82) is 0 Å². The SMILES string of the molecule is O=C(C1CCNN1)N1CCC2(CC(=O)N(c3cccnc3)C2)C1. The van der Waals surface area contributed by atoms with Gasteiger partial charge < -0.3 is 9.80 Å². The first-order chi connectivity index (χ1) is 11.2. The monoisotopic (exact) mass is 315 g/mol. The van der Waals surface area contributed by atoms with Gasteiger partial charge >= 0.3 is 0 Å². The van der Waals surface area contributed by atoms with Gasteiger partial charge in [-0.05, 0) is 25.0 Å². The fraction of sp³-hybridized carbons (Fsp3) is 0.562. The molecule has 3 aliphatic rings. The summed E-state index contributed by atoms with van der Waals surface area (Å²) in [6.45, 7) is 2.91. The highest BCUT2D eigenvalue weighted by Crippen LogP contribution is 2.41. The third-order valence-corrected chi connectivity index (χ3v) is 5.16. The van der Waals surface area contributed by atoms with Crippen molar-refractivity contribution >= 4 is 17.5 Å². The lowest BCUT2D eigenvalue weighted by Gasteiger charge is -2.25. The molecule has 2 unspecified atom stereocenters. The van der Waals surface area contributed by atoms with Crippen LogP contribution in [0.25, 0.3) is 0 Å². The van der Waals surface area contributed by atoms with Crippen molar-refractivity contribution in [3.8, 4) is 0 Å². The molecule has 2 atom stereocenters. The minimum absolute atomic E-state index is 0.103. The number of hydrogen-bond acceptors (Lipinski definition) is 5. The topological polar surface area (TPSA) is 77.6 Å². The maximum atomic E-state index is 12.5. The van der Waals surface area contributed by atoms with E-state index in [0.29, 0.717) is 19.5 Å². The Labute approximate surface area is 135 Å². The van der Waals surface area contributed by atoms with E-state index in [-0.39, 0.29) is 23.3 Å². The molecule has 7 heteroatoms. The van der Waals surface area contributed by atoms with E-state index >= 15 is 0 Å². The maximum absolute atomic E-state index is 12.5. The molecular formula is C16H21N5O2. The Balaban J connectivity index is 1.46. The maximum Gasteiger partial charge on any atom is 0.241 e. The number of anilines is 1. The summed E-state index contributed by atoms with van der Waals surface area (Å²) in [6.07, 6.45) is 5.66. The average molecular weight is 315 g/mol. The van der Waals surface area contributed by atoms with E-state index in [0.717, 1.165) is 31.6 Å². The minimum atomic E-state index is -0.128. The summed E-state index contributed by atoms with van der Waals surface area (Å²) in [5.74, 6) is 0.284. The van der Waals surface area contributed by atoms with Gasteiger partial charge in [-0.1, -0.05) is 0 Å². The average Bonchev–Trinajstić information content (AvgIpc) is 3.29. The summed E-state index contributed by atoms with van der Waals surface area (Å²) in [6, 6.07) is 3.63.